The molecule has 2 amide bonds. The number of fused-ring (bicyclic) bond motifs is 1. The second-order valence-electron chi connectivity index (χ2n) is 5.96. The second kappa shape index (κ2) is 8.31. The number of anilines is 1. The summed E-state index contributed by atoms with van der Waals surface area (Å²) < 4.78 is 18.2. The first-order chi connectivity index (χ1) is 13.1. The van der Waals surface area contributed by atoms with Crippen LogP contribution in [0.4, 0.5) is 10.1 Å². The van der Waals surface area contributed by atoms with Crippen LogP contribution in [0, 0.1) is 5.82 Å². The molecule has 5 nitrogen and oxygen atoms in total. The number of amides is 2. The molecule has 3 rings (SSSR count). The van der Waals surface area contributed by atoms with Crippen LogP contribution in [0.2, 0.25) is 0 Å². The maximum absolute atomic E-state index is 13.2. The SMILES string of the molecule is COc1cc(F)ccc1NC(=O)CCNC(=O)c1ccc2ccccc2c1. The Bertz CT molecular complexity index is 988. The highest BCUT2D eigenvalue weighted by Crippen LogP contribution is 2.24. The van der Waals surface area contributed by atoms with Gasteiger partial charge in [0.2, 0.25) is 5.91 Å². The molecule has 0 atom stereocenters. The summed E-state index contributed by atoms with van der Waals surface area (Å²) in [5.74, 6) is -0.761. The summed E-state index contributed by atoms with van der Waals surface area (Å²) in [5, 5.41) is 7.41. The predicted octanol–water partition coefficient (Wildman–Crippen LogP) is 3.75. The van der Waals surface area contributed by atoms with Gasteiger partial charge in [0.15, 0.2) is 0 Å². The lowest BCUT2D eigenvalue weighted by Gasteiger charge is -2.10. The molecule has 6 heteroatoms. The third-order valence-electron chi connectivity index (χ3n) is 4.09. The number of ether oxygens (including phenoxy) is 1. The molecule has 0 aliphatic rings. The van der Waals surface area contributed by atoms with Gasteiger partial charge >= 0.3 is 0 Å². The highest BCUT2D eigenvalue weighted by atomic mass is 19.1. The zero-order valence-electron chi connectivity index (χ0n) is 14.8. The Morgan fingerprint density at radius 1 is 1.00 bits per heavy atom. The van der Waals surface area contributed by atoms with Crippen LogP contribution in [-0.4, -0.2) is 25.5 Å². The summed E-state index contributed by atoms with van der Waals surface area (Å²) in [5.41, 5.74) is 0.916. The third-order valence-corrected chi connectivity index (χ3v) is 4.09. The van der Waals surface area contributed by atoms with Crippen molar-refractivity contribution in [2.24, 2.45) is 0 Å². The molecular formula is C21H19FN2O3. The standard InChI is InChI=1S/C21H19FN2O3/c1-27-19-13-17(22)8-9-18(19)24-20(25)10-11-23-21(26)16-7-6-14-4-2-3-5-15(14)12-16/h2-9,12-13H,10-11H2,1H3,(H,23,26)(H,24,25). The number of hydrogen-bond acceptors (Lipinski definition) is 3. The number of methoxy groups -OCH3 is 1. The van der Waals surface area contributed by atoms with Crippen molar-refractivity contribution < 1.29 is 18.7 Å². The minimum Gasteiger partial charge on any atom is -0.494 e. The van der Waals surface area contributed by atoms with Crippen molar-refractivity contribution in [3.05, 3.63) is 72.0 Å². The number of nitrogens with one attached hydrogen (secondary N) is 2. The number of carbonyl (C=O) groups is 2. The Morgan fingerprint density at radius 3 is 2.56 bits per heavy atom. The molecule has 0 saturated carbocycles. The zero-order chi connectivity index (χ0) is 19.2. The molecule has 3 aromatic carbocycles. The highest BCUT2D eigenvalue weighted by Gasteiger charge is 2.10. The van der Waals surface area contributed by atoms with Crippen molar-refractivity contribution in [2.45, 2.75) is 6.42 Å². The summed E-state index contributed by atoms with van der Waals surface area (Å²) >= 11 is 0. The Hall–Kier alpha value is -3.41. The first kappa shape index (κ1) is 18.4. The van der Waals surface area contributed by atoms with E-state index in [1.54, 1.807) is 6.07 Å². The lowest BCUT2D eigenvalue weighted by atomic mass is 10.1. The summed E-state index contributed by atoms with van der Waals surface area (Å²) in [7, 11) is 1.40. The Labute approximate surface area is 156 Å². The van der Waals surface area contributed by atoms with E-state index in [1.807, 2.05) is 36.4 Å². The van der Waals surface area contributed by atoms with E-state index in [1.165, 1.54) is 25.3 Å². The molecule has 0 aliphatic heterocycles. The van der Waals surface area contributed by atoms with Crippen LogP contribution in [-0.2, 0) is 4.79 Å². The third kappa shape index (κ3) is 4.61. The number of halogens is 1. The molecule has 27 heavy (non-hydrogen) atoms. The summed E-state index contributed by atoms with van der Waals surface area (Å²) in [4.78, 5) is 24.3. The molecule has 0 bridgehead atoms. The molecule has 0 spiro atoms. The van der Waals surface area contributed by atoms with Crippen molar-refractivity contribution in [2.75, 3.05) is 19.0 Å². The highest BCUT2D eigenvalue weighted by molar-refractivity contribution is 5.99. The van der Waals surface area contributed by atoms with Gasteiger partial charge in [-0.2, -0.15) is 0 Å². The Kier molecular flexibility index (Phi) is 5.66. The van der Waals surface area contributed by atoms with Crippen LogP contribution in [0.25, 0.3) is 10.8 Å². The normalized spacial score (nSPS) is 10.4. The number of rotatable bonds is 6. The first-order valence-corrected chi connectivity index (χ1v) is 8.47. The van der Waals surface area contributed by atoms with Crippen molar-refractivity contribution in [1.29, 1.82) is 0 Å². The van der Waals surface area contributed by atoms with Crippen molar-refractivity contribution in [3.63, 3.8) is 0 Å². The number of benzene rings is 3. The second-order valence-corrected chi connectivity index (χ2v) is 5.96. The van der Waals surface area contributed by atoms with Crippen LogP contribution in [0.1, 0.15) is 16.8 Å². The van der Waals surface area contributed by atoms with Gasteiger partial charge in [-0.3, -0.25) is 9.59 Å². The van der Waals surface area contributed by atoms with Crippen molar-refractivity contribution in [3.8, 4) is 5.75 Å². The average molecular weight is 366 g/mol. The minimum absolute atomic E-state index is 0.0832. The maximum atomic E-state index is 13.2. The zero-order valence-corrected chi connectivity index (χ0v) is 14.8. The van der Waals surface area contributed by atoms with E-state index in [4.69, 9.17) is 4.74 Å². The smallest absolute Gasteiger partial charge is 0.251 e. The van der Waals surface area contributed by atoms with E-state index < -0.39 is 5.82 Å². The van der Waals surface area contributed by atoms with E-state index in [-0.39, 0.29) is 30.5 Å². The quantitative estimate of drug-likeness (QED) is 0.698. The van der Waals surface area contributed by atoms with E-state index >= 15 is 0 Å². The van der Waals surface area contributed by atoms with Gasteiger partial charge in [0.25, 0.3) is 5.91 Å². The topological polar surface area (TPSA) is 67.4 Å². The molecule has 0 heterocycles. The molecule has 0 radical (unpaired) electrons. The van der Waals surface area contributed by atoms with E-state index in [0.29, 0.717) is 11.3 Å². The van der Waals surface area contributed by atoms with Gasteiger partial charge in [0.05, 0.1) is 12.8 Å². The molecule has 0 saturated heterocycles. The van der Waals surface area contributed by atoms with Crippen LogP contribution >= 0.6 is 0 Å². The van der Waals surface area contributed by atoms with Crippen molar-refractivity contribution >= 4 is 28.3 Å². The molecule has 3 aromatic rings. The molecule has 0 fully saturated rings. The average Bonchev–Trinajstić information content (AvgIpc) is 2.68. The monoisotopic (exact) mass is 366 g/mol. The van der Waals surface area contributed by atoms with Gasteiger partial charge in [-0.15, -0.1) is 0 Å². The van der Waals surface area contributed by atoms with Gasteiger partial charge in [-0.05, 0) is 35.0 Å². The van der Waals surface area contributed by atoms with E-state index in [0.717, 1.165) is 10.8 Å². The largest absolute Gasteiger partial charge is 0.494 e. The first-order valence-electron chi connectivity index (χ1n) is 8.47. The summed E-state index contributed by atoms with van der Waals surface area (Å²) in [6.07, 6.45) is 0.0832. The molecule has 138 valence electrons. The van der Waals surface area contributed by atoms with E-state index in [2.05, 4.69) is 10.6 Å². The van der Waals surface area contributed by atoms with Crippen LogP contribution in [0.5, 0.6) is 5.75 Å². The molecule has 2 N–H and O–H groups in total. The minimum atomic E-state index is -0.451. The van der Waals surface area contributed by atoms with Crippen LogP contribution in [0.15, 0.2) is 60.7 Å². The fourth-order valence-electron chi connectivity index (χ4n) is 2.70. The number of carbonyl (C=O) groups excluding carboxylic acids is 2. The number of hydrogen-bond donors (Lipinski definition) is 2. The maximum Gasteiger partial charge on any atom is 0.251 e. The summed E-state index contributed by atoms with van der Waals surface area (Å²) in [6, 6.07) is 17.1. The van der Waals surface area contributed by atoms with Crippen molar-refractivity contribution in [1.82, 2.24) is 5.32 Å². The predicted molar refractivity (Wildman–Crippen MR) is 102 cm³/mol. The Morgan fingerprint density at radius 2 is 1.78 bits per heavy atom. The fourth-order valence-corrected chi connectivity index (χ4v) is 2.70. The molecule has 0 aromatic heterocycles. The van der Waals surface area contributed by atoms with E-state index in [9.17, 15) is 14.0 Å². The van der Waals surface area contributed by atoms with Gasteiger partial charge in [-0.1, -0.05) is 30.3 Å². The Balaban J connectivity index is 1.54. The fraction of sp³-hybridized carbons (Fsp3) is 0.143. The lowest BCUT2D eigenvalue weighted by Crippen LogP contribution is -2.27. The van der Waals surface area contributed by atoms with Gasteiger partial charge in [0.1, 0.15) is 11.6 Å². The lowest BCUT2D eigenvalue weighted by molar-refractivity contribution is -0.116. The molecule has 0 unspecified atom stereocenters. The van der Waals surface area contributed by atoms with Gasteiger partial charge in [-0.25, -0.2) is 4.39 Å². The molecule has 0 aliphatic carbocycles. The van der Waals surface area contributed by atoms with Crippen LogP contribution < -0.4 is 15.4 Å². The molecular weight excluding hydrogens is 347 g/mol. The van der Waals surface area contributed by atoms with Crippen LogP contribution in [0.3, 0.4) is 0 Å². The van der Waals surface area contributed by atoms with Gasteiger partial charge in [0, 0.05) is 24.6 Å². The summed E-state index contributed by atoms with van der Waals surface area (Å²) in [6.45, 7) is 0.182. The van der Waals surface area contributed by atoms with Gasteiger partial charge < -0.3 is 15.4 Å².